The fourth-order valence-corrected chi connectivity index (χ4v) is 4.33. The molecule has 0 saturated carbocycles. The van der Waals surface area contributed by atoms with Crippen LogP contribution >= 0.6 is 23.7 Å². The molecule has 0 N–H and O–H groups in total. The molecule has 0 atom stereocenters. The van der Waals surface area contributed by atoms with E-state index in [4.69, 9.17) is 9.47 Å². The van der Waals surface area contributed by atoms with E-state index < -0.39 is 0 Å². The number of carbonyl (C=O) groups is 1. The smallest absolute Gasteiger partial charge is 0.252 e. The first-order valence-electron chi connectivity index (χ1n) is 10.5. The molecule has 3 rings (SSSR count). The number of fused-ring (bicyclic) bond motifs is 1. The Balaban J connectivity index is 0.00000385. The highest BCUT2D eigenvalue weighted by Crippen LogP contribution is 2.31. The molecular weight excluding hydrogens is 465 g/mol. The molecule has 6 nitrogen and oxygen atoms in total. The van der Waals surface area contributed by atoms with Crippen molar-refractivity contribution in [3.8, 4) is 11.5 Å². The molecule has 0 radical (unpaired) electrons. The zero-order valence-electron chi connectivity index (χ0n) is 19.2. The van der Waals surface area contributed by atoms with Gasteiger partial charge in [-0.3, -0.25) is 9.69 Å². The molecule has 0 unspecified atom stereocenters. The van der Waals surface area contributed by atoms with Crippen LogP contribution in [0.3, 0.4) is 0 Å². The van der Waals surface area contributed by atoms with Gasteiger partial charge in [-0.2, -0.15) is 0 Å². The monoisotopic (exact) mass is 493 g/mol. The molecule has 0 aliphatic carbocycles. The lowest BCUT2D eigenvalue weighted by Gasteiger charge is -2.23. The molecule has 0 spiro atoms. The van der Waals surface area contributed by atoms with E-state index in [0.717, 1.165) is 18.7 Å². The average molecular weight is 494 g/mol. The molecule has 3 aromatic rings. The molecule has 33 heavy (non-hydrogen) atoms. The standard InChI is InChI=1S/C24H28FN3O3S.ClH/c1-5-27(6-2)14-15-28(24-26-23-18(25)8-7-9-21(23)32-24)22(29)13-11-17-10-12-19(30-3)20(16-17)31-4;/h7-13,16H,5-6,14-15H2,1-4H3;1H. The lowest BCUT2D eigenvalue weighted by molar-refractivity contribution is -0.114. The topological polar surface area (TPSA) is 54.9 Å². The molecule has 0 aliphatic heterocycles. The zero-order valence-corrected chi connectivity index (χ0v) is 20.8. The van der Waals surface area contributed by atoms with Crippen LogP contribution in [0, 0.1) is 5.82 Å². The number of anilines is 1. The van der Waals surface area contributed by atoms with Crippen LogP contribution < -0.4 is 14.4 Å². The number of aromatic nitrogens is 1. The third-order valence-electron chi connectivity index (χ3n) is 5.22. The summed E-state index contributed by atoms with van der Waals surface area (Å²) in [6.45, 7) is 7.09. The number of hydrogen-bond acceptors (Lipinski definition) is 6. The van der Waals surface area contributed by atoms with Crippen molar-refractivity contribution in [3.05, 3.63) is 53.9 Å². The number of likely N-dealkylation sites (N-methyl/N-ethyl adjacent to an activating group) is 1. The van der Waals surface area contributed by atoms with Crippen LogP contribution in [0.15, 0.2) is 42.5 Å². The summed E-state index contributed by atoms with van der Waals surface area (Å²) in [7, 11) is 3.14. The molecule has 1 heterocycles. The third-order valence-corrected chi connectivity index (χ3v) is 6.26. The summed E-state index contributed by atoms with van der Waals surface area (Å²) in [4.78, 5) is 21.5. The van der Waals surface area contributed by atoms with Gasteiger partial charge >= 0.3 is 0 Å². The van der Waals surface area contributed by atoms with Gasteiger partial charge in [0, 0.05) is 19.2 Å². The summed E-state index contributed by atoms with van der Waals surface area (Å²) in [6, 6.07) is 10.3. The average Bonchev–Trinajstić information content (AvgIpc) is 3.25. The predicted octanol–water partition coefficient (Wildman–Crippen LogP) is 5.26. The van der Waals surface area contributed by atoms with Gasteiger partial charge in [-0.1, -0.05) is 37.3 Å². The Kier molecular flexibility index (Phi) is 10.1. The van der Waals surface area contributed by atoms with Crippen molar-refractivity contribution in [1.29, 1.82) is 0 Å². The summed E-state index contributed by atoms with van der Waals surface area (Å²) >= 11 is 1.31. The summed E-state index contributed by atoms with van der Waals surface area (Å²) in [6.07, 6.45) is 3.23. The lowest BCUT2D eigenvalue weighted by atomic mass is 10.2. The highest BCUT2D eigenvalue weighted by molar-refractivity contribution is 7.22. The summed E-state index contributed by atoms with van der Waals surface area (Å²) < 4.78 is 25.5. The maximum Gasteiger partial charge on any atom is 0.252 e. The number of para-hydroxylation sites is 1. The molecule has 1 amide bonds. The molecule has 9 heteroatoms. The van der Waals surface area contributed by atoms with Crippen molar-refractivity contribution in [1.82, 2.24) is 9.88 Å². The van der Waals surface area contributed by atoms with Crippen LogP contribution in [-0.2, 0) is 4.79 Å². The van der Waals surface area contributed by atoms with Gasteiger partial charge in [-0.25, -0.2) is 9.37 Å². The number of carbonyl (C=O) groups excluding carboxylic acids is 1. The fourth-order valence-electron chi connectivity index (χ4n) is 3.31. The molecule has 0 bridgehead atoms. The Morgan fingerprint density at radius 2 is 1.82 bits per heavy atom. The minimum absolute atomic E-state index is 0. The normalized spacial score (nSPS) is 11.1. The minimum Gasteiger partial charge on any atom is -0.493 e. The van der Waals surface area contributed by atoms with Crippen molar-refractivity contribution < 1.29 is 18.7 Å². The van der Waals surface area contributed by atoms with Crippen LogP contribution in [0.4, 0.5) is 9.52 Å². The number of thiazole rings is 1. The maximum absolute atomic E-state index is 14.2. The Morgan fingerprint density at radius 3 is 2.45 bits per heavy atom. The van der Waals surface area contributed by atoms with E-state index in [9.17, 15) is 9.18 Å². The Labute approximate surface area is 204 Å². The van der Waals surface area contributed by atoms with Gasteiger partial charge in [-0.05, 0) is 49.0 Å². The number of nitrogens with zero attached hydrogens (tertiary/aromatic N) is 3. The van der Waals surface area contributed by atoms with Gasteiger partial charge in [0.15, 0.2) is 16.6 Å². The predicted molar refractivity (Wildman–Crippen MR) is 136 cm³/mol. The van der Waals surface area contributed by atoms with Crippen molar-refractivity contribution in [3.63, 3.8) is 0 Å². The number of methoxy groups -OCH3 is 2. The minimum atomic E-state index is -0.387. The molecular formula is C24H29ClFN3O3S. The second-order valence-corrected chi connectivity index (χ2v) is 8.06. The number of hydrogen-bond donors (Lipinski definition) is 0. The molecule has 2 aromatic carbocycles. The van der Waals surface area contributed by atoms with E-state index in [0.29, 0.717) is 34.4 Å². The van der Waals surface area contributed by atoms with E-state index in [1.165, 1.54) is 23.5 Å². The molecule has 0 aliphatic rings. The van der Waals surface area contributed by atoms with Crippen LogP contribution in [0.2, 0.25) is 0 Å². The highest BCUT2D eigenvalue weighted by Gasteiger charge is 2.20. The fraction of sp³-hybridized carbons (Fsp3) is 0.333. The number of ether oxygens (including phenoxy) is 2. The van der Waals surface area contributed by atoms with Crippen LogP contribution in [-0.4, -0.2) is 56.2 Å². The number of halogens is 2. The maximum atomic E-state index is 14.2. The van der Waals surface area contributed by atoms with E-state index in [1.54, 1.807) is 43.4 Å². The van der Waals surface area contributed by atoms with Gasteiger partial charge in [0.2, 0.25) is 0 Å². The van der Waals surface area contributed by atoms with Gasteiger partial charge in [0.1, 0.15) is 11.3 Å². The largest absolute Gasteiger partial charge is 0.493 e. The zero-order chi connectivity index (χ0) is 23.1. The second-order valence-electron chi connectivity index (χ2n) is 7.05. The summed E-state index contributed by atoms with van der Waals surface area (Å²) in [5, 5.41) is 0.485. The van der Waals surface area contributed by atoms with E-state index in [2.05, 4.69) is 23.7 Å². The highest BCUT2D eigenvalue weighted by atomic mass is 35.5. The Morgan fingerprint density at radius 1 is 1.09 bits per heavy atom. The lowest BCUT2D eigenvalue weighted by Crippen LogP contribution is -2.38. The van der Waals surface area contributed by atoms with E-state index in [1.807, 2.05) is 12.1 Å². The van der Waals surface area contributed by atoms with Gasteiger partial charge in [-0.15, -0.1) is 12.4 Å². The second kappa shape index (κ2) is 12.5. The third kappa shape index (κ3) is 6.43. The van der Waals surface area contributed by atoms with Crippen molar-refractivity contribution in [2.45, 2.75) is 13.8 Å². The Hall–Kier alpha value is -2.68. The van der Waals surface area contributed by atoms with Crippen LogP contribution in [0.5, 0.6) is 11.5 Å². The van der Waals surface area contributed by atoms with E-state index >= 15 is 0 Å². The summed E-state index contributed by atoms with van der Waals surface area (Å²) in [5.41, 5.74) is 1.09. The van der Waals surface area contributed by atoms with Crippen molar-refractivity contribution >= 4 is 51.1 Å². The molecule has 1 aromatic heterocycles. The quantitative estimate of drug-likeness (QED) is 0.360. The first kappa shape index (κ1) is 26.6. The van der Waals surface area contributed by atoms with Crippen molar-refractivity contribution in [2.24, 2.45) is 0 Å². The van der Waals surface area contributed by atoms with E-state index in [-0.39, 0.29) is 29.6 Å². The van der Waals surface area contributed by atoms with Crippen molar-refractivity contribution in [2.75, 3.05) is 45.3 Å². The van der Waals surface area contributed by atoms with Gasteiger partial charge in [0.05, 0.1) is 18.9 Å². The molecule has 0 fully saturated rings. The number of rotatable bonds is 10. The van der Waals surface area contributed by atoms with Gasteiger partial charge in [0.25, 0.3) is 5.91 Å². The number of benzene rings is 2. The molecule has 0 saturated heterocycles. The van der Waals surface area contributed by atoms with Crippen LogP contribution in [0.1, 0.15) is 19.4 Å². The summed E-state index contributed by atoms with van der Waals surface area (Å²) in [5.74, 6) is 0.601. The SMILES string of the molecule is CCN(CC)CCN(C(=O)C=Cc1ccc(OC)c(OC)c1)c1nc2c(F)cccc2s1.Cl. The number of amides is 1. The molecule has 178 valence electrons. The van der Waals surface area contributed by atoms with Gasteiger partial charge < -0.3 is 14.4 Å². The first-order chi connectivity index (χ1) is 15.5. The van der Waals surface area contributed by atoms with Crippen LogP contribution in [0.25, 0.3) is 16.3 Å². The first-order valence-corrected chi connectivity index (χ1v) is 11.3. The Bertz CT molecular complexity index is 1100.